The van der Waals surface area contributed by atoms with Gasteiger partial charge in [0.2, 0.25) is 5.91 Å². The van der Waals surface area contributed by atoms with Crippen LogP contribution in [0.3, 0.4) is 0 Å². The van der Waals surface area contributed by atoms with Gasteiger partial charge in [0.05, 0.1) is 6.54 Å². The Bertz CT molecular complexity index is 546. The summed E-state index contributed by atoms with van der Waals surface area (Å²) >= 11 is 1.29. The molecular weight excluding hydrogens is 309 g/mol. The van der Waals surface area contributed by atoms with Gasteiger partial charge >= 0.3 is 12.1 Å². The molecular formula is C11H13F3N4O2S. The zero-order valence-electron chi connectivity index (χ0n) is 11.1. The molecule has 1 aromatic rings. The van der Waals surface area contributed by atoms with E-state index in [-0.39, 0.29) is 19.5 Å². The zero-order valence-corrected chi connectivity index (χ0v) is 11.9. The van der Waals surface area contributed by atoms with Crippen molar-refractivity contribution in [2.75, 3.05) is 6.54 Å². The Labute approximate surface area is 122 Å². The molecule has 0 bridgehead atoms. The molecule has 0 aliphatic carbocycles. The van der Waals surface area contributed by atoms with Crippen LogP contribution in [0.5, 0.6) is 0 Å². The fraction of sp³-hybridized carbons (Fsp3) is 0.636. The summed E-state index contributed by atoms with van der Waals surface area (Å²) in [5.74, 6) is -2.56. The number of amides is 2. The van der Waals surface area contributed by atoms with E-state index in [2.05, 4.69) is 15.5 Å². The lowest BCUT2D eigenvalue weighted by atomic mass is 10.2. The van der Waals surface area contributed by atoms with Crippen LogP contribution in [0, 0.1) is 6.92 Å². The van der Waals surface area contributed by atoms with Crippen molar-refractivity contribution in [3.05, 3.63) is 10.0 Å². The van der Waals surface area contributed by atoms with Crippen molar-refractivity contribution < 1.29 is 22.8 Å². The fourth-order valence-electron chi connectivity index (χ4n) is 2.13. The second kappa shape index (κ2) is 5.96. The standard InChI is InChI=1S/C11H13F3N4O2S/c1-6-16-17-8(21-6)5-15-9(19)7-3-2-4-18(7)10(20)11(12,13)14/h7H,2-5H2,1H3,(H,15,19). The number of carbonyl (C=O) groups excluding carboxylic acids is 2. The van der Waals surface area contributed by atoms with E-state index >= 15 is 0 Å². The van der Waals surface area contributed by atoms with Crippen LogP contribution in [0.4, 0.5) is 13.2 Å². The van der Waals surface area contributed by atoms with Gasteiger partial charge in [0.15, 0.2) is 0 Å². The van der Waals surface area contributed by atoms with Crippen molar-refractivity contribution in [3.8, 4) is 0 Å². The smallest absolute Gasteiger partial charge is 0.348 e. The van der Waals surface area contributed by atoms with Crippen molar-refractivity contribution in [2.24, 2.45) is 0 Å². The summed E-state index contributed by atoms with van der Waals surface area (Å²) in [6, 6.07) is -1.08. The Morgan fingerprint density at radius 2 is 2.14 bits per heavy atom. The molecule has 1 saturated heterocycles. The van der Waals surface area contributed by atoms with Crippen LogP contribution >= 0.6 is 11.3 Å². The summed E-state index contributed by atoms with van der Waals surface area (Å²) in [4.78, 5) is 23.8. The highest BCUT2D eigenvalue weighted by atomic mass is 32.1. The maximum atomic E-state index is 12.5. The van der Waals surface area contributed by atoms with E-state index in [1.54, 1.807) is 6.92 Å². The zero-order chi connectivity index (χ0) is 15.6. The summed E-state index contributed by atoms with van der Waals surface area (Å²) in [7, 11) is 0. The number of alkyl halides is 3. The first kappa shape index (κ1) is 15.7. The van der Waals surface area contributed by atoms with Gasteiger partial charge in [-0.05, 0) is 19.8 Å². The molecule has 0 radical (unpaired) electrons. The average Bonchev–Trinajstić information content (AvgIpc) is 3.02. The van der Waals surface area contributed by atoms with Crippen molar-refractivity contribution in [3.63, 3.8) is 0 Å². The van der Waals surface area contributed by atoms with Gasteiger partial charge in [0.1, 0.15) is 16.1 Å². The van der Waals surface area contributed by atoms with Gasteiger partial charge in [-0.25, -0.2) is 0 Å². The normalized spacial score (nSPS) is 18.9. The quantitative estimate of drug-likeness (QED) is 0.901. The van der Waals surface area contributed by atoms with Gasteiger partial charge in [-0.2, -0.15) is 13.2 Å². The number of hydrogen-bond donors (Lipinski definition) is 1. The summed E-state index contributed by atoms with van der Waals surface area (Å²) in [6.07, 6.45) is -4.36. The van der Waals surface area contributed by atoms with Crippen molar-refractivity contribution in [1.82, 2.24) is 20.4 Å². The highest BCUT2D eigenvalue weighted by Gasteiger charge is 2.47. The molecule has 10 heteroatoms. The van der Waals surface area contributed by atoms with Gasteiger partial charge in [0.25, 0.3) is 0 Å². The number of halogens is 3. The van der Waals surface area contributed by atoms with Crippen LogP contribution in [0.2, 0.25) is 0 Å². The topological polar surface area (TPSA) is 75.2 Å². The van der Waals surface area contributed by atoms with E-state index in [0.717, 1.165) is 5.01 Å². The van der Waals surface area contributed by atoms with Gasteiger partial charge in [-0.15, -0.1) is 10.2 Å². The van der Waals surface area contributed by atoms with Crippen LogP contribution in [-0.2, 0) is 16.1 Å². The maximum Gasteiger partial charge on any atom is 0.471 e. The molecule has 0 spiro atoms. The maximum absolute atomic E-state index is 12.5. The van der Waals surface area contributed by atoms with Crippen LogP contribution in [0.25, 0.3) is 0 Å². The van der Waals surface area contributed by atoms with E-state index < -0.39 is 24.0 Å². The minimum absolute atomic E-state index is 0.0612. The Morgan fingerprint density at radius 3 is 2.71 bits per heavy atom. The summed E-state index contributed by atoms with van der Waals surface area (Å²) in [5.41, 5.74) is 0. The Kier molecular flexibility index (Phi) is 4.45. The highest BCUT2D eigenvalue weighted by molar-refractivity contribution is 7.11. The third-order valence-corrected chi connectivity index (χ3v) is 3.88. The lowest BCUT2D eigenvalue weighted by Crippen LogP contribution is -2.50. The molecule has 1 atom stereocenters. The summed E-state index contributed by atoms with van der Waals surface area (Å²) in [5, 5.41) is 11.4. The van der Waals surface area contributed by atoms with E-state index in [1.165, 1.54) is 11.3 Å². The molecule has 1 aliphatic rings. The second-order valence-electron chi connectivity index (χ2n) is 4.59. The first-order valence-corrected chi connectivity index (χ1v) is 7.05. The fourth-order valence-corrected chi connectivity index (χ4v) is 2.78. The molecule has 6 nitrogen and oxygen atoms in total. The molecule has 1 N–H and O–H groups in total. The third-order valence-electron chi connectivity index (χ3n) is 3.04. The lowest BCUT2D eigenvalue weighted by molar-refractivity contribution is -0.186. The largest absolute Gasteiger partial charge is 0.471 e. The minimum atomic E-state index is -4.96. The molecule has 1 unspecified atom stereocenters. The van der Waals surface area contributed by atoms with Crippen molar-refractivity contribution in [2.45, 2.75) is 38.5 Å². The molecule has 1 aromatic heterocycles. The monoisotopic (exact) mass is 322 g/mol. The van der Waals surface area contributed by atoms with Gasteiger partial charge < -0.3 is 10.2 Å². The Balaban J connectivity index is 1.96. The highest BCUT2D eigenvalue weighted by Crippen LogP contribution is 2.25. The number of aryl methyl sites for hydroxylation is 1. The predicted octanol–water partition coefficient (Wildman–Crippen LogP) is 1.02. The van der Waals surface area contributed by atoms with Crippen LogP contribution < -0.4 is 5.32 Å². The van der Waals surface area contributed by atoms with Crippen molar-refractivity contribution >= 4 is 23.2 Å². The van der Waals surface area contributed by atoms with E-state index in [9.17, 15) is 22.8 Å². The van der Waals surface area contributed by atoms with Crippen LogP contribution in [-0.4, -0.2) is 45.7 Å². The molecule has 116 valence electrons. The molecule has 2 rings (SSSR count). The van der Waals surface area contributed by atoms with Gasteiger partial charge in [0, 0.05) is 6.54 Å². The van der Waals surface area contributed by atoms with E-state index in [1.807, 2.05) is 0 Å². The number of hydrogen-bond acceptors (Lipinski definition) is 5. The summed E-state index contributed by atoms with van der Waals surface area (Å²) < 4.78 is 37.4. The molecule has 0 saturated carbocycles. The number of aromatic nitrogens is 2. The second-order valence-corrected chi connectivity index (χ2v) is 5.85. The van der Waals surface area contributed by atoms with Crippen molar-refractivity contribution in [1.29, 1.82) is 0 Å². The Morgan fingerprint density at radius 1 is 1.43 bits per heavy atom. The number of nitrogens with one attached hydrogen (secondary N) is 1. The van der Waals surface area contributed by atoms with Crippen LogP contribution in [0.1, 0.15) is 22.9 Å². The molecule has 0 aromatic carbocycles. The van der Waals surface area contributed by atoms with Gasteiger partial charge in [-0.1, -0.05) is 11.3 Å². The molecule has 21 heavy (non-hydrogen) atoms. The van der Waals surface area contributed by atoms with E-state index in [4.69, 9.17) is 0 Å². The molecule has 2 heterocycles. The Hall–Kier alpha value is -1.71. The van der Waals surface area contributed by atoms with Crippen LogP contribution in [0.15, 0.2) is 0 Å². The van der Waals surface area contributed by atoms with Gasteiger partial charge in [-0.3, -0.25) is 9.59 Å². The minimum Gasteiger partial charge on any atom is -0.348 e. The SMILES string of the molecule is Cc1nnc(CNC(=O)C2CCCN2C(=O)C(F)(F)F)s1. The molecule has 1 fully saturated rings. The lowest BCUT2D eigenvalue weighted by Gasteiger charge is -2.24. The predicted molar refractivity (Wildman–Crippen MR) is 67.3 cm³/mol. The number of rotatable bonds is 3. The molecule has 2 amide bonds. The first-order chi connectivity index (χ1) is 9.79. The molecule has 1 aliphatic heterocycles. The average molecular weight is 322 g/mol. The summed E-state index contributed by atoms with van der Waals surface area (Å²) in [6.45, 7) is 1.78. The number of carbonyl (C=O) groups is 2. The third kappa shape index (κ3) is 3.69. The van der Waals surface area contributed by atoms with E-state index in [0.29, 0.717) is 16.3 Å². The number of nitrogens with zero attached hydrogens (tertiary/aromatic N) is 3. The number of likely N-dealkylation sites (tertiary alicyclic amines) is 1. The first-order valence-electron chi connectivity index (χ1n) is 6.23.